The van der Waals surface area contributed by atoms with Gasteiger partial charge in [0.05, 0.1) is 30.8 Å². The maximum atomic E-state index is 12.6. The zero-order chi connectivity index (χ0) is 29.2. The number of fused-ring (bicyclic) bond motifs is 2. The smallest absolute Gasteiger partial charge is 0.246 e. The van der Waals surface area contributed by atoms with Crippen LogP contribution in [-0.4, -0.2) is 77.5 Å². The number of carbonyl (C=O) groups excluding carboxylic acids is 1. The highest BCUT2D eigenvalue weighted by Crippen LogP contribution is 2.35. The van der Waals surface area contributed by atoms with Crippen LogP contribution in [-0.2, 0) is 24.2 Å². The van der Waals surface area contributed by atoms with Crippen molar-refractivity contribution in [1.82, 2.24) is 19.8 Å². The summed E-state index contributed by atoms with van der Waals surface area (Å²) in [7, 11) is 2.22. The van der Waals surface area contributed by atoms with Gasteiger partial charge in [-0.2, -0.15) is 5.26 Å². The molecule has 2 unspecified atom stereocenters. The maximum absolute atomic E-state index is 12.6. The molecule has 2 atom stereocenters. The number of amides is 1. The van der Waals surface area contributed by atoms with Crippen LogP contribution in [0.4, 0.5) is 11.5 Å². The van der Waals surface area contributed by atoms with Crippen LogP contribution in [0.5, 0.6) is 0 Å². The van der Waals surface area contributed by atoms with E-state index in [4.69, 9.17) is 9.97 Å². The third-order valence-corrected chi connectivity index (χ3v) is 9.46. The molecule has 218 valence electrons. The fourth-order valence-electron chi connectivity index (χ4n) is 7.18. The van der Waals surface area contributed by atoms with Crippen molar-refractivity contribution in [2.45, 2.75) is 64.1 Å². The SMILES string of the molecule is C=CC(=O)N1CCN(c2nc(CCC3CCCN3C)nc3c2CCN(c2cccc4cccc(C)c24)C3)CC1CC#N. The third-order valence-electron chi connectivity index (χ3n) is 9.46. The molecule has 1 aromatic heterocycles. The molecule has 0 aliphatic carbocycles. The second-order valence-corrected chi connectivity index (χ2v) is 12.0. The van der Waals surface area contributed by atoms with E-state index in [1.165, 1.54) is 46.5 Å². The van der Waals surface area contributed by atoms with Crippen molar-refractivity contribution in [3.63, 3.8) is 0 Å². The highest BCUT2D eigenvalue weighted by atomic mass is 16.2. The van der Waals surface area contributed by atoms with Crippen LogP contribution in [0.15, 0.2) is 49.1 Å². The number of benzene rings is 2. The number of rotatable bonds is 7. The summed E-state index contributed by atoms with van der Waals surface area (Å²) in [6, 6.07) is 15.8. The van der Waals surface area contributed by atoms with Crippen molar-refractivity contribution in [3.8, 4) is 6.07 Å². The minimum absolute atomic E-state index is 0.109. The van der Waals surface area contributed by atoms with Crippen LogP contribution in [0, 0.1) is 18.3 Å². The van der Waals surface area contributed by atoms with Gasteiger partial charge in [-0.05, 0) is 69.3 Å². The minimum atomic E-state index is -0.186. The Morgan fingerprint density at radius 2 is 1.93 bits per heavy atom. The molecule has 0 bridgehead atoms. The van der Waals surface area contributed by atoms with Crippen LogP contribution in [0.3, 0.4) is 0 Å². The van der Waals surface area contributed by atoms with Crippen molar-refractivity contribution in [2.24, 2.45) is 0 Å². The van der Waals surface area contributed by atoms with Crippen LogP contribution in [0.25, 0.3) is 10.8 Å². The van der Waals surface area contributed by atoms with E-state index in [2.05, 4.69) is 77.7 Å². The first kappa shape index (κ1) is 28.2. The lowest BCUT2D eigenvalue weighted by atomic mass is 9.99. The Hall–Kier alpha value is -3.96. The van der Waals surface area contributed by atoms with Crippen molar-refractivity contribution >= 4 is 28.2 Å². The lowest BCUT2D eigenvalue weighted by Crippen LogP contribution is -2.55. The number of carbonyl (C=O) groups is 1. The van der Waals surface area contributed by atoms with E-state index in [1.807, 2.05) is 0 Å². The van der Waals surface area contributed by atoms with Gasteiger partial charge in [0, 0.05) is 55.3 Å². The molecule has 6 rings (SSSR count). The summed E-state index contributed by atoms with van der Waals surface area (Å²) >= 11 is 0. The van der Waals surface area contributed by atoms with E-state index >= 15 is 0 Å². The predicted molar refractivity (Wildman–Crippen MR) is 168 cm³/mol. The number of hydrogen-bond donors (Lipinski definition) is 0. The number of nitriles is 1. The van der Waals surface area contributed by atoms with E-state index in [9.17, 15) is 10.1 Å². The van der Waals surface area contributed by atoms with Gasteiger partial charge in [0.1, 0.15) is 11.6 Å². The Kier molecular flexibility index (Phi) is 8.12. The molecule has 8 nitrogen and oxygen atoms in total. The molecule has 8 heteroatoms. The standard InChI is InChI=1S/C34H41N7O/c1-4-32(42)41-21-20-40(22-27(41)15-17-35)34-28-16-19-39(30-12-6-10-25-9-5-8-24(2)33(25)30)23-29(28)36-31(37-34)14-13-26-11-7-18-38(26)3/h4-6,8-10,12,26-27H,1,7,11,13-16,18-23H2,2-3H3. The van der Waals surface area contributed by atoms with E-state index in [0.717, 1.165) is 56.2 Å². The van der Waals surface area contributed by atoms with Gasteiger partial charge in [-0.25, -0.2) is 9.97 Å². The number of nitrogens with zero attached hydrogens (tertiary/aromatic N) is 7. The third kappa shape index (κ3) is 5.46. The predicted octanol–water partition coefficient (Wildman–Crippen LogP) is 4.64. The molecule has 0 saturated carbocycles. The molecule has 3 aromatic rings. The molecule has 0 N–H and O–H groups in total. The molecular weight excluding hydrogens is 522 g/mol. The first-order valence-electron chi connectivity index (χ1n) is 15.3. The van der Waals surface area contributed by atoms with E-state index in [0.29, 0.717) is 32.1 Å². The van der Waals surface area contributed by atoms with Crippen molar-refractivity contribution in [3.05, 3.63) is 71.7 Å². The second kappa shape index (κ2) is 12.1. The fraction of sp³-hybridized carbons (Fsp3) is 0.471. The second-order valence-electron chi connectivity index (χ2n) is 12.0. The molecule has 2 fully saturated rings. The zero-order valence-corrected chi connectivity index (χ0v) is 24.9. The monoisotopic (exact) mass is 563 g/mol. The summed E-state index contributed by atoms with van der Waals surface area (Å²) in [5, 5.41) is 12.1. The van der Waals surface area contributed by atoms with Crippen molar-refractivity contribution in [1.29, 1.82) is 5.26 Å². The number of hydrogen-bond acceptors (Lipinski definition) is 7. The molecular formula is C34H41N7O. The summed E-state index contributed by atoms with van der Waals surface area (Å²) in [6.07, 6.45) is 6.89. The highest BCUT2D eigenvalue weighted by Gasteiger charge is 2.33. The molecule has 0 spiro atoms. The summed E-state index contributed by atoms with van der Waals surface area (Å²) in [6.45, 7) is 10.5. The van der Waals surface area contributed by atoms with Crippen LogP contribution in [0.1, 0.15) is 48.3 Å². The summed E-state index contributed by atoms with van der Waals surface area (Å²) in [5.41, 5.74) is 4.86. The average Bonchev–Trinajstić information content (AvgIpc) is 3.43. The molecule has 1 amide bonds. The molecule has 2 aromatic carbocycles. The number of likely N-dealkylation sites (tertiary alicyclic amines) is 1. The average molecular weight is 564 g/mol. The van der Waals surface area contributed by atoms with E-state index in [-0.39, 0.29) is 11.9 Å². The lowest BCUT2D eigenvalue weighted by molar-refractivity contribution is -0.128. The first-order valence-corrected chi connectivity index (χ1v) is 15.3. The van der Waals surface area contributed by atoms with E-state index in [1.54, 1.807) is 4.90 Å². The molecule has 0 radical (unpaired) electrons. The maximum Gasteiger partial charge on any atom is 0.246 e. The topological polar surface area (TPSA) is 79.6 Å². The van der Waals surface area contributed by atoms with Crippen LogP contribution >= 0.6 is 0 Å². The van der Waals surface area contributed by atoms with Gasteiger partial charge in [-0.3, -0.25) is 4.79 Å². The van der Waals surface area contributed by atoms with Gasteiger partial charge in [0.25, 0.3) is 0 Å². The summed E-state index contributed by atoms with van der Waals surface area (Å²) in [4.78, 5) is 32.0. The van der Waals surface area contributed by atoms with Gasteiger partial charge in [-0.1, -0.05) is 36.9 Å². The number of aromatic nitrogens is 2. The Morgan fingerprint density at radius 1 is 1.10 bits per heavy atom. The molecule has 4 heterocycles. The Balaban J connectivity index is 1.34. The number of anilines is 2. The van der Waals surface area contributed by atoms with Gasteiger partial charge >= 0.3 is 0 Å². The molecule has 3 aliphatic rings. The molecule has 3 aliphatic heterocycles. The Bertz CT molecular complexity index is 1520. The quantitative estimate of drug-likeness (QED) is 0.388. The Labute approximate surface area is 249 Å². The fourth-order valence-corrected chi connectivity index (χ4v) is 7.18. The highest BCUT2D eigenvalue weighted by molar-refractivity contribution is 5.97. The van der Waals surface area contributed by atoms with Gasteiger partial charge in [0.2, 0.25) is 5.91 Å². The van der Waals surface area contributed by atoms with Gasteiger partial charge in [-0.15, -0.1) is 0 Å². The normalized spacial score (nSPS) is 20.9. The van der Waals surface area contributed by atoms with E-state index < -0.39 is 0 Å². The lowest BCUT2D eigenvalue weighted by Gasteiger charge is -2.42. The minimum Gasteiger partial charge on any atom is -0.365 e. The number of aryl methyl sites for hydroxylation is 2. The van der Waals surface area contributed by atoms with Crippen molar-refractivity contribution < 1.29 is 4.79 Å². The summed E-state index contributed by atoms with van der Waals surface area (Å²) in [5.74, 6) is 1.79. The molecule has 42 heavy (non-hydrogen) atoms. The zero-order valence-electron chi connectivity index (χ0n) is 24.9. The summed E-state index contributed by atoms with van der Waals surface area (Å²) < 4.78 is 0. The van der Waals surface area contributed by atoms with Crippen LogP contribution < -0.4 is 9.80 Å². The van der Waals surface area contributed by atoms with Gasteiger partial charge in [0.15, 0.2) is 0 Å². The van der Waals surface area contributed by atoms with Gasteiger partial charge < -0.3 is 19.6 Å². The van der Waals surface area contributed by atoms with Crippen LogP contribution in [0.2, 0.25) is 0 Å². The van der Waals surface area contributed by atoms with Crippen molar-refractivity contribution in [2.75, 3.05) is 49.6 Å². The first-order chi connectivity index (χ1) is 20.5. The number of piperazine rings is 1. The Morgan fingerprint density at radius 3 is 2.69 bits per heavy atom. The molecule has 2 saturated heterocycles. The largest absolute Gasteiger partial charge is 0.365 e.